The predicted molar refractivity (Wildman–Crippen MR) is 73.6 cm³/mol. The number of methoxy groups -OCH3 is 1. The van der Waals surface area contributed by atoms with Gasteiger partial charge in [-0.25, -0.2) is 9.48 Å². The molecule has 0 aliphatic carbocycles. The van der Waals surface area contributed by atoms with Crippen molar-refractivity contribution in [3.63, 3.8) is 0 Å². The molecule has 20 heavy (non-hydrogen) atoms. The highest BCUT2D eigenvalue weighted by atomic mass is 16.5. The van der Waals surface area contributed by atoms with Crippen LogP contribution in [-0.4, -0.2) is 22.9 Å². The van der Waals surface area contributed by atoms with Crippen LogP contribution in [0, 0.1) is 11.3 Å². The van der Waals surface area contributed by atoms with Crippen molar-refractivity contribution in [3.8, 4) is 11.8 Å². The molecule has 0 unspecified atom stereocenters. The van der Waals surface area contributed by atoms with Gasteiger partial charge < -0.3 is 4.74 Å². The summed E-state index contributed by atoms with van der Waals surface area (Å²) in [7, 11) is 1.35. The summed E-state index contributed by atoms with van der Waals surface area (Å²) in [6, 6.07) is 9.22. The van der Waals surface area contributed by atoms with Gasteiger partial charge in [-0.05, 0) is 24.6 Å². The lowest BCUT2D eigenvalue weighted by Gasteiger charge is -2.08. The molecule has 1 aromatic heterocycles. The van der Waals surface area contributed by atoms with E-state index in [4.69, 9.17) is 10.00 Å². The molecule has 0 N–H and O–H groups in total. The Balaban J connectivity index is 2.53. The zero-order chi connectivity index (χ0) is 14.5. The first-order valence-electron chi connectivity index (χ1n) is 6.37. The van der Waals surface area contributed by atoms with E-state index in [-0.39, 0.29) is 0 Å². The first-order valence-corrected chi connectivity index (χ1v) is 6.37. The monoisotopic (exact) mass is 269 g/mol. The van der Waals surface area contributed by atoms with E-state index >= 15 is 0 Å². The van der Waals surface area contributed by atoms with Gasteiger partial charge in [0, 0.05) is 0 Å². The van der Waals surface area contributed by atoms with Crippen LogP contribution in [0.1, 0.15) is 35.0 Å². The highest BCUT2D eigenvalue weighted by molar-refractivity contribution is 5.90. The standard InChI is InChI=1S/C15H15N3O2/c1-3-5-14-13(15(19)20-2)10-17-18(14)12-7-4-6-11(8-12)9-16/h4,6-8,10H,3,5H2,1-2H3. The Morgan fingerprint density at radius 2 is 2.30 bits per heavy atom. The first kappa shape index (κ1) is 13.8. The molecular formula is C15H15N3O2. The highest BCUT2D eigenvalue weighted by Crippen LogP contribution is 2.18. The first-order chi connectivity index (χ1) is 9.71. The zero-order valence-electron chi connectivity index (χ0n) is 11.5. The number of carbonyl (C=O) groups is 1. The third kappa shape index (κ3) is 2.54. The molecule has 0 amide bonds. The number of ether oxygens (including phenoxy) is 1. The lowest BCUT2D eigenvalue weighted by Crippen LogP contribution is -2.08. The number of nitrogens with zero attached hydrogens (tertiary/aromatic N) is 3. The van der Waals surface area contributed by atoms with Crippen LogP contribution in [0.5, 0.6) is 0 Å². The van der Waals surface area contributed by atoms with Crippen molar-refractivity contribution in [2.45, 2.75) is 19.8 Å². The quantitative estimate of drug-likeness (QED) is 0.800. The molecule has 0 fully saturated rings. The van der Waals surface area contributed by atoms with Gasteiger partial charge in [0.15, 0.2) is 0 Å². The van der Waals surface area contributed by atoms with Crippen LogP contribution < -0.4 is 0 Å². The van der Waals surface area contributed by atoms with Crippen molar-refractivity contribution in [2.75, 3.05) is 7.11 Å². The second-order valence-electron chi connectivity index (χ2n) is 4.32. The minimum Gasteiger partial charge on any atom is -0.465 e. The predicted octanol–water partition coefficient (Wildman–Crippen LogP) is 2.48. The summed E-state index contributed by atoms with van der Waals surface area (Å²) < 4.78 is 6.46. The van der Waals surface area contributed by atoms with Gasteiger partial charge >= 0.3 is 5.97 Å². The van der Waals surface area contributed by atoms with Crippen LogP contribution in [0.4, 0.5) is 0 Å². The SMILES string of the molecule is CCCc1c(C(=O)OC)cnn1-c1cccc(C#N)c1. The highest BCUT2D eigenvalue weighted by Gasteiger charge is 2.18. The average Bonchev–Trinajstić information content (AvgIpc) is 2.90. The van der Waals surface area contributed by atoms with Crippen LogP contribution >= 0.6 is 0 Å². The normalized spacial score (nSPS) is 10.1. The molecule has 2 rings (SSSR count). The summed E-state index contributed by atoms with van der Waals surface area (Å²) in [6.07, 6.45) is 3.10. The van der Waals surface area contributed by atoms with E-state index in [0.717, 1.165) is 17.8 Å². The van der Waals surface area contributed by atoms with Gasteiger partial charge in [-0.1, -0.05) is 19.4 Å². The van der Waals surface area contributed by atoms with Crippen molar-refractivity contribution in [2.24, 2.45) is 0 Å². The number of carbonyl (C=O) groups excluding carboxylic acids is 1. The summed E-state index contributed by atoms with van der Waals surface area (Å²) in [5.41, 5.74) is 2.59. The molecule has 5 nitrogen and oxygen atoms in total. The van der Waals surface area contributed by atoms with Gasteiger partial charge in [-0.3, -0.25) is 0 Å². The fourth-order valence-corrected chi connectivity index (χ4v) is 2.06. The van der Waals surface area contributed by atoms with E-state index in [9.17, 15) is 4.79 Å². The third-order valence-corrected chi connectivity index (χ3v) is 2.98. The summed E-state index contributed by atoms with van der Waals surface area (Å²) >= 11 is 0. The average molecular weight is 269 g/mol. The Hall–Kier alpha value is -2.61. The van der Waals surface area contributed by atoms with E-state index in [1.807, 2.05) is 13.0 Å². The third-order valence-electron chi connectivity index (χ3n) is 2.98. The van der Waals surface area contributed by atoms with E-state index in [1.165, 1.54) is 13.3 Å². The molecule has 0 aliphatic heterocycles. The van der Waals surface area contributed by atoms with E-state index in [1.54, 1.807) is 22.9 Å². The van der Waals surface area contributed by atoms with Gasteiger partial charge in [-0.2, -0.15) is 10.4 Å². The molecule has 5 heteroatoms. The van der Waals surface area contributed by atoms with Gasteiger partial charge in [0.05, 0.1) is 36.3 Å². The number of benzene rings is 1. The molecule has 0 bridgehead atoms. The lowest BCUT2D eigenvalue weighted by atomic mass is 10.1. The number of hydrogen-bond acceptors (Lipinski definition) is 4. The molecule has 0 spiro atoms. The Labute approximate surface area is 117 Å². The van der Waals surface area contributed by atoms with Crippen LogP contribution in [-0.2, 0) is 11.2 Å². The smallest absolute Gasteiger partial charge is 0.341 e. The van der Waals surface area contributed by atoms with Crippen LogP contribution in [0.2, 0.25) is 0 Å². The maximum atomic E-state index is 11.7. The van der Waals surface area contributed by atoms with Gasteiger partial charge in [-0.15, -0.1) is 0 Å². The van der Waals surface area contributed by atoms with Crippen molar-refractivity contribution in [1.82, 2.24) is 9.78 Å². The molecule has 2 aromatic rings. The number of aromatic nitrogens is 2. The maximum absolute atomic E-state index is 11.7. The Kier molecular flexibility index (Phi) is 4.16. The van der Waals surface area contributed by atoms with Crippen molar-refractivity contribution < 1.29 is 9.53 Å². The Bertz CT molecular complexity index is 668. The van der Waals surface area contributed by atoms with Crippen LogP contribution in [0.25, 0.3) is 5.69 Å². The fourth-order valence-electron chi connectivity index (χ4n) is 2.06. The molecular weight excluding hydrogens is 254 g/mol. The molecule has 102 valence electrons. The summed E-state index contributed by atoms with van der Waals surface area (Å²) in [6.45, 7) is 2.03. The second-order valence-corrected chi connectivity index (χ2v) is 4.32. The minimum atomic E-state index is -0.392. The molecule has 0 aliphatic rings. The Morgan fingerprint density at radius 3 is 2.95 bits per heavy atom. The maximum Gasteiger partial charge on any atom is 0.341 e. The summed E-state index contributed by atoms with van der Waals surface area (Å²) in [5.74, 6) is -0.392. The molecule has 0 atom stereocenters. The van der Waals surface area contributed by atoms with E-state index < -0.39 is 5.97 Å². The van der Waals surface area contributed by atoms with Crippen LogP contribution in [0.15, 0.2) is 30.5 Å². The van der Waals surface area contributed by atoms with E-state index in [2.05, 4.69) is 11.2 Å². The molecule has 1 heterocycles. The van der Waals surface area contributed by atoms with Crippen molar-refractivity contribution in [1.29, 1.82) is 5.26 Å². The van der Waals surface area contributed by atoms with Gasteiger partial charge in [0.1, 0.15) is 5.56 Å². The Morgan fingerprint density at radius 1 is 1.50 bits per heavy atom. The summed E-state index contributed by atoms with van der Waals surface area (Å²) in [5, 5.41) is 13.2. The number of rotatable bonds is 4. The van der Waals surface area contributed by atoms with Crippen molar-refractivity contribution in [3.05, 3.63) is 47.3 Å². The molecule has 0 radical (unpaired) electrons. The topological polar surface area (TPSA) is 67.9 Å². The van der Waals surface area contributed by atoms with Gasteiger partial charge in [0.25, 0.3) is 0 Å². The second kappa shape index (κ2) is 6.02. The van der Waals surface area contributed by atoms with E-state index in [0.29, 0.717) is 17.5 Å². The molecule has 0 saturated heterocycles. The number of esters is 1. The van der Waals surface area contributed by atoms with Crippen molar-refractivity contribution >= 4 is 5.97 Å². The molecule has 1 aromatic carbocycles. The number of nitriles is 1. The lowest BCUT2D eigenvalue weighted by molar-refractivity contribution is 0.0599. The minimum absolute atomic E-state index is 0.392. The summed E-state index contributed by atoms with van der Waals surface area (Å²) in [4.78, 5) is 11.7. The zero-order valence-corrected chi connectivity index (χ0v) is 11.5. The molecule has 0 saturated carbocycles. The van der Waals surface area contributed by atoms with Gasteiger partial charge in [0.2, 0.25) is 0 Å². The largest absolute Gasteiger partial charge is 0.465 e. The number of hydrogen-bond donors (Lipinski definition) is 0. The fraction of sp³-hybridized carbons (Fsp3) is 0.267. The van der Waals surface area contributed by atoms with Crippen LogP contribution in [0.3, 0.4) is 0 Å².